The van der Waals surface area contributed by atoms with E-state index in [0.717, 1.165) is 6.92 Å². The number of rotatable bonds is 60. The van der Waals surface area contributed by atoms with Crippen molar-refractivity contribution in [1.82, 2.24) is 36.8 Å². The average molecular weight is 1810 g/mol. The van der Waals surface area contributed by atoms with Gasteiger partial charge in [-0.2, -0.15) is 0 Å². The molecule has 5 aliphatic rings. The van der Waals surface area contributed by atoms with Crippen molar-refractivity contribution in [2.24, 2.45) is 28.6 Å². The molecular formula is C77H133N7O39P-. The highest BCUT2D eigenvalue weighted by molar-refractivity contribution is 7.44. The highest BCUT2D eigenvalue weighted by atomic mass is 31.2. The van der Waals surface area contributed by atoms with Crippen molar-refractivity contribution < 1.29 is 190 Å². The van der Waals surface area contributed by atoms with Gasteiger partial charge >= 0.3 is 0 Å². The molecule has 0 radical (unpaired) electrons. The van der Waals surface area contributed by atoms with Gasteiger partial charge in [-0.25, -0.2) is 0 Å². The van der Waals surface area contributed by atoms with Gasteiger partial charge in [0, 0.05) is 133 Å². The van der Waals surface area contributed by atoms with Crippen LogP contribution in [0.15, 0.2) is 0 Å². The first-order valence-corrected chi connectivity index (χ1v) is 43.3. The van der Waals surface area contributed by atoms with E-state index in [-0.39, 0.29) is 182 Å². The Morgan fingerprint density at radius 3 is 1.35 bits per heavy atom. The molecule has 5 fully saturated rings. The molecule has 7 amide bonds. The highest BCUT2D eigenvalue weighted by Gasteiger charge is 2.54. The lowest BCUT2D eigenvalue weighted by molar-refractivity contribution is -0.284. The molecule has 5 rings (SSSR count). The van der Waals surface area contributed by atoms with Crippen LogP contribution in [0.2, 0.25) is 0 Å². The number of Topliss-reactive ketones (excluding diaryl/α,β-unsaturated/α-hetero) is 3. The fourth-order valence-electron chi connectivity index (χ4n) is 14.6. The first-order valence-electron chi connectivity index (χ1n) is 41.8. The van der Waals surface area contributed by atoms with Gasteiger partial charge in [-0.3, -0.25) is 52.5 Å². The largest absolute Gasteiger partial charge is 0.756 e. The summed E-state index contributed by atoms with van der Waals surface area (Å²) in [5.41, 5.74) is -2.29. The topological polar surface area (TPSA) is 689 Å². The third-order valence-corrected chi connectivity index (χ3v) is 22.9. The highest BCUT2D eigenvalue weighted by Crippen LogP contribution is 2.49. The number of carbonyl (C=O) groups is 10. The van der Waals surface area contributed by atoms with Crippen LogP contribution in [0.3, 0.4) is 0 Å². The Kier molecular flexibility index (Phi) is 48.7. The van der Waals surface area contributed by atoms with Gasteiger partial charge in [-0.1, -0.05) is 27.7 Å². The minimum absolute atomic E-state index is 0.0156. The third kappa shape index (κ3) is 35.7. The van der Waals surface area contributed by atoms with E-state index in [2.05, 4.69) is 31.9 Å². The van der Waals surface area contributed by atoms with E-state index in [1.165, 1.54) is 11.8 Å². The van der Waals surface area contributed by atoms with E-state index in [4.69, 9.17) is 61.4 Å². The predicted octanol–water partition coefficient (Wildman–Crippen LogP) is -8.53. The number of phosphoric ester groups is 1. The van der Waals surface area contributed by atoms with Crippen LogP contribution in [0.5, 0.6) is 0 Å². The van der Waals surface area contributed by atoms with Gasteiger partial charge in [-0.15, -0.1) is 0 Å². The van der Waals surface area contributed by atoms with Crippen molar-refractivity contribution in [3.05, 3.63) is 0 Å². The second-order valence-corrected chi connectivity index (χ2v) is 33.3. The number of nitrogens with one attached hydrogen (secondary N) is 6. The van der Waals surface area contributed by atoms with E-state index in [1.807, 2.05) is 0 Å². The molecule has 5 unspecified atom stereocenters. The number of phosphoric acid groups is 1. The number of ether oxygens (including phenoxy) is 12. The van der Waals surface area contributed by atoms with Crippen molar-refractivity contribution in [1.29, 1.82) is 0 Å². The fourth-order valence-corrected chi connectivity index (χ4v) is 15.0. The fraction of sp³-hybridized carbons (Fsp3) is 0.870. The molecule has 0 aromatic rings. The monoisotopic (exact) mass is 1810 g/mol. The first-order chi connectivity index (χ1) is 58.8. The summed E-state index contributed by atoms with van der Waals surface area (Å²) in [6, 6.07) is -5.34. The number of nitrogens with zero attached hydrogens (tertiary/aromatic N) is 1. The molecule has 0 bridgehead atoms. The third-order valence-electron chi connectivity index (χ3n) is 22.4. The smallest absolute Gasteiger partial charge is 0.265 e. The van der Waals surface area contributed by atoms with Crippen molar-refractivity contribution in [2.45, 2.75) is 254 Å². The maximum Gasteiger partial charge on any atom is 0.265 e. The van der Waals surface area contributed by atoms with Crippen molar-refractivity contribution >= 4 is 66.5 Å². The second kappa shape index (κ2) is 55.4. The van der Waals surface area contributed by atoms with Gasteiger partial charge in [0.2, 0.25) is 41.4 Å². The van der Waals surface area contributed by atoms with Gasteiger partial charge in [0.25, 0.3) is 7.82 Å². The minimum Gasteiger partial charge on any atom is -0.756 e. The summed E-state index contributed by atoms with van der Waals surface area (Å²) >= 11 is 0. The van der Waals surface area contributed by atoms with Crippen molar-refractivity contribution in [3.8, 4) is 0 Å². The van der Waals surface area contributed by atoms with Gasteiger partial charge < -0.3 is 174 Å². The summed E-state index contributed by atoms with van der Waals surface area (Å²) in [4.78, 5) is 159. The summed E-state index contributed by atoms with van der Waals surface area (Å²) in [6.45, 7) is 3.43. The summed E-state index contributed by atoms with van der Waals surface area (Å²) in [5.74, 6) is -9.27. The molecule has 0 aromatic carbocycles. The standard InChI is InChI=1S/C77H134N7O39P/c1-43-62(98)64(100)53(35-85)120-72(43)115-30-26-111-22-8-11-48(92)15-16-51(71(107)79-21-25-114-28-31-116-73-44(2)63(99)65(101)54(36-86)121-73)83-70(106)47(34-49(93)10-7-13-59(97)84-39-76(5,41-89)77(6,40-84)42-119-124(108,109)110)14-18-58(96)82-50(52(94)12-9-23-112-27-32-117-74-60(80-45(3)90)68(104)66(102)55(37-87)122-74)17-19-57(95)78-20-24-113-29-33-118-75-61(81-46(4)91)69(105)67(103)56(38-88)123-75/h43-44,47,50-51,53-56,60-69,72-75,85-89,98-105H,7-42H2,1-6H3,(H,78,95)(H,79,107)(H,80,90)(H,81,91)(H,82,96)(H,83,106)(H2,108,109,110)/p-1/t43-,44-,47-,50+,51+,53-,54-,55-,56-,60-,61-,62-,63-,64+,65+,66+,67+,68-,69-,72?,73?,74?,75?,76-,77+/m1/s1. The summed E-state index contributed by atoms with van der Waals surface area (Å²) in [6.07, 6.45) is -24.6. The number of amides is 7. The Labute approximate surface area is 718 Å². The van der Waals surface area contributed by atoms with Crippen LogP contribution in [0, 0.1) is 28.6 Å². The SMILES string of the molecule is CC(=O)N[C@H]1C(OCCOCCCC(=O)[C@H](CCC(=O)NCCOCCOC2O[C@H](CO)[C@H](O)[C@H](O)[C@H]2NC(C)=O)NC(=O)CC[C@H](CC(=O)CCCC(=O)N2C[C@](C)(CO)[C@](C)(COP(=O)([O-])O)C2)C(=O)N[C@@H](CCC(=O)CCCOCCOC2O[C@H](CO)[C@H](O)[C@H](O)[C@H]2C)C(=O)NCCOCCOC2O[C@H](CO)[C@H](O)[C@H](O)[C@H]2C)O[C@H](CO)[C@H](O)[C@@H]1O. The molecule has 5 heterocycles. The van der Waals surface area contributed by atoms with Crippen molar-refractivity contribution in [2.75, 3.05) is 145 Å². The van der Waals surface area contributed by atoms with Crippen LogP contribution in [-0.4, -0.2) is 403 Å². The van der Waals surface area contributed by atoms with Crippen LogP contribution >= 0.6 is 7.82 Å². The van der Waals surface area contributed by atoms with E-state index in [9.17, 15) is 129 Å². The lowest BCUT2D eigenvalue weighted by atomic mass is 9.69. The Hall–Kier alpha value is -5.59. The molecule has 124 heavy (non-hydrogen) atoms. The lowest BCUT2D eigenvalue weighted by Gasteiger charge is -2.42. The zero-order valence-electron chi connectivity index (χ0n) is 71.1. The molecule has 46 nitrogen and oxygen atoms in total. The van der Waals surface area contributed by atoms with Gasteiger partial charge in [0.15, 0.2) is 30.9 Å². The molecule has 5 saturated heterocycles. The number of hydrogen-bond acceptors (Lipinski definition) is 38. The number of aliphatic hydroxyl groups is 13. The normalized spacial score (nSPS) is 30.7. The zero-order valence-corrected chi connectivity index (χ0v) is 72.0. The molecule has 20 N–H and O–H groups in total. The molecular weight excluding hydrogens is 1680 g/mol. The summed E-state index contributed by atoms with van der Waals surface area (Å²) < 4.78 is 83.9. The van der Waals surface area contributed by atoms with Crippen molar-refractivity contribution in [3.63, 3.8) is 0 Å². The maximum absolute atomic E-state index is 14.9. The minimum atomic E-state index is -5.22. The molecule has 0 aliphatic carbocycles. The van der Waals surface area contributed by atoms with Crippen LogP contribution in [0.25, 0.3) is 0 Å². The van der Waals surface area contributed by atoms with Crippen LogP contribution in [-0.2, 0) is 114 Å². The first kappa shape index (κ1) is 109. The maximum atomic E-state index is 14.9. The molecule has 0 aromatic heterocycles. The number of hydrogen-bond donors (Lipinski definition) is 20. The Balaban J connectivity index is 1.31. The Morgan fingerprint density at radius 2 is 0.879 bits per heavy atom. The molecule has 0 saturated carbocycles. The predicted molar refractivity (Wildman–Crippen MR) is 420 cm³/mol. The van der Waals surface area contributed by atoms with E-state index in [0.29, 0.717) is 0 Å². The van der Waals surface area contributed by atoms with Gasteiger partial charge in [-0.05, 0) is 38.5 Å². The summed E-state index contributed by atoms with van der Waals surface area (Å²) in [7, 11) is -5.22. The Morgan fingerprint density at radius 1 is 0.460 bits per heavy atom. The number of carbonyl (C=O) groups excluding carboxylic acids is 10. The molecule has 0 spiro atoms. The molecule has 5 aliphatic heterocycles. The van der Waals surface area contributed by atoms with Crippen LogP contribution in [0.4, 0.5) is 0 Å². The average Bonchev–Trinajstić information content (AvgIpc) is 1.61. The number of aliphatic hydroxyl groups excluding tert-OH is 13. The van der Waals surface area contributed by atoms with Crippen LogP contribution < -0.4 is 36.8 Å². The summed E-state index contributed by atoms with van der Waals surface area (Å²) in [5, 5.41) is 148. The Bertz CT molecular complexity index is 3320. The quantitative estimate of drug-likeness (QED) is 0.0199. The number of likely N-dealkylation sites (tertiary alicyclic amines) is 1. The zero-order chi connectivity index (χ0) is 92.0. The molecule has 716 valence electrons. The van der Waals surface area contributed by atoms with Crippen LogP contribution in [0.1, 0.15) is 131 Å². The molecule has 26 atom stereocenters. The van der Waals surface area contributed by atoms with E-state index < -0.39 is 271 Å². The van der Waals surface area contributed by atoms with Gasteiger partial charge in [0.1, 0.15) is 90.7 Å². The van der Waals surface area contributed by atoms with Gasteiger partial charge in [0.05, 0.1) is 124 Å². The lowest BCUT2D eigenvalue weighted by Crippen LogP contribution is -2.64. The van der Waals surface area contributed by atoms with E-state index >= 15 is 0 Å². The van der Waals surface area contributed by atoms with E-state index in [1.54, 1.807) is 27.7 Å². The molecule has 47 heteroatoms. The number of ketones is 3. The second-order valence-electron chi connectivity index (χ2n) is 32.1.